The van der Waals surface area contributed by atoms with Gasteiger partial charge in [-0.05, 0) is 54.8 Å². The number of likely N-dealkylation sites (tertiary alicyclic amines) is 1. The van der Waals surface area contributed by atoms with Gasteiger partial charge in [0.25, 0.3) is 5.91 Å². The normalized spacial score (nSPS) is 19.3. The summed E-state index contributed by atoms with van der Waals surface area (Å²) in [4.78, 5) is 46.0. The quantitative estimate of drug-likeness (QED) is 0.712. The predicted octanol–water partition coefficient (Wildman–Crippen LogP) is 2.12. The maximum atomic E-state index is 12.4. The fraction of sp³-hybridized carbons (Fsp3) is 0.556. The number of urea groups is 1. The summed E-state index contributed by atoms with van der Waals surface area (Å²) >= 11 is 3.32. The van der Waals surface area contributed by atoms with E-state index in [1.807, 2.05) is 19.9 Å². The topological polar surface area (TPSA) is 85.8 Å². The SMILES string of the molecule is CC(C)N1C(=O)CN(CN2CCC(C(=O)Nc3ccc(Br)cn3)CC2)C1=O. The molecule has 0 atom stereocenters. The molecule has 27 heavy (non-hydrogen) atoms. The molecule has 4 amide bonds. The molecule has 1 aromatic rings. The first kappa shape index (κ1) is 19.8. The van der Waals surface area contributed by atoms with Crippen molar-refractivity contribution < 1.29 is 14.4 Å². The number of nitrogens with one attached hydrogen (secondary N) is 1. The third-order valence-corrected chi connectivity index (χ3v) is 5.36. The lowest BCUT2D eigenvalue weighted by atomic mass is 9.96. The van der Waals surface area contributed by atoms with Crippen LogP contribution < -0.4 is 5.32 Å². The van der Waals surface area contributed by atoms with Crippen LogP contribution >= 0.6 is 15.9 Å². The second-order valence-corrected chi connectivity index (χ2v) is 8.14. The average molecular weight is 438 g/mol. The minimum atomic E-state index is -0.226. The summed E-state index contributed by atoms with van der Waals surface area (Å²) in [6.45, 7) is 5.66. The third-order valence-electron chi connectivity index (χ3n) is 4.90. The van der Waals surface area contributed by atoms with Crippen LogP contribution in [0.1, 0.15) is 26.7 Å². The van der Waals surface area contributed by atoms with Crippen LogP contribution in [-0.4, -0.2) is 69.9 Å². The van der Waals surface area contributed by atoms with E-state index in [4.69, 9.17) is 0 Å². The predicted molar refractivity (Wildman–Crippen MR) is 104 cm³/mol. The lowest BCUT2D eigenvalue weighted by Gasteiger charge is -2.33. The molecule has 0 unspecified atom stereocenters. The van der Waals surface area contributed by atoms with E-state index in [2.05, 4.69) is 31.1 Å². The number of rotatable bonds is 5. The maximum absolute atomic E-state index is 12.4. The van der Waals surface area contributed by atoms with Crippen molar-refractivity contribution in [2.75, 3.05) is 31.6 Å². The number of piperidine rings is 1. The van der Waals surface area contributed by atoms with Crippen molar-refractivity contribution in [3.63, 3.8) is 0 Å². The smallest absolute Gasteiger partial charge is 0.310 e. The summed E-state index contributed by atoms with van der Waals surface area (Å²) in [7, 11) is 0. The van der Waals surface area contributed by atoms with Gasteiger partial charge in [-0.25, -0.2) is 9.78 Å². The molecule has 1 aromatic heterocycles. The third kappa shape index (κ3) is 4.65. The van der Waals surface area contributed by atoms with Gasteiger partial charge in [0.05, 0.1) is 6.67 Å². The molecule has 0 aliphatic carbocycles. The van der Waals surface area contributed by atoms with Gasteiger partial charge in [-0.1, -0.05) is 0 Å². The Kier molecular flexibility index (Phi) is 6.11. The number of carbonyl (C=O) groups is 3. The highest BCUT2D eigenvalue weighted by Crippen LogP contribution is 2.21. The van der Waals surface area contributed by atoms with Crippen LogP contribution in [0.15, 0.2) is 22.8 Å². The van der Waals surface area contributed by atoms with Gasteiger partial charge in [-0.3, -0.25) is 19.4 Å². The van der Waals surface area contributed by atoms with E-state index in [0.29, 0.717) is 38.4 Å². The largest absolute Gasteiger partial charge is 0.328 e. The van der Waals surface area contributed by atoms with Gasteiger partial charge in [0.1, 0.15) is 12.4 Å². The van der Waals surface area contributed by atoms with Crippen LogP contribution in [-0.2, 0) is 9.59 Å². The molecule has 2 aliphatic rings. The molecule has 2 aliphatic heterocycles. The van der Waals surface area contributed by atoms with Gasteiger partial charge < -0.3 is 10.2 Å². The maximum Gasteiger partial charge on any atom is 0.328 e. The van der Waals surface area contributed by atoms with Crippen LogP contribution in [0.25, 0.3) is 0 Å². The number of pyridine rings is 1. The van der Waals surface area contributed by atoms with Crippen LogP contribution in [0.3, 0.4) is 0 Å². The van der Waals surface area contributed by atoms with Crippen LogP contribution in [0.5, 0.6) is 0 Å². The van der Waals surface area contributed by atoms with Gasteiger partial charge in [-0.15, -0.1) is 0 Å². The lowest BCUT2D eigenvalue weighted by molar-refractivity contribution is -0.126. The Morgan fingerprint density at radius 2 is 2.00 bits per heavy atom. The van der Waals surface area contributed by atoms with Crippen molar-refractivity contribution in [2.24, 2.45) is 5.92 Å². The second-order valence-electron chi connectivity index (χ2n) is 7.22. The Balaban J connectivity index is 1.47. The molecule has 3 rings (SSSR count). The van der Waals surface area contributed by atoms with Crippen molar-refractivity contribution in [1.82, 2.24) is 19.7 Å². The average Bonchev–Trinajstić information content (AvgIpc) is 2.91. The van der Waals surface area contributed by atoms with E-state index < -0.39 is 0 Å². The monoisotopic (exact) mass is 437 g/mol. The van der Waals surface area contributed by atoms with Crippen molar-refractivity contribution >= 4 is 39.6 Å². The highest BCUT2D eigenvalue weighted by atomic mass is 79.9. The first-order chi connectivity index (χ1) is 12.8. The van der Waals surface area contributed by atoms with E-state index in [1.165, 1.54) is 4.90 Å². The Bertz CT molecular complexity index is 716. The number of amides is 4. The fourth-order valence-electron chi connectivity index (χ4n) is 3.44. The zero-order chi connectivity index (χ0) is 19.6. The molecule has 2 fully saturated rings. The van der Waals surface area contributed by atoms with Gasteiger partial charge in [0.2, 0.25) is 5.91 Å². The minimum Gasteiger partial charge on any atom is -0.310 e. The molecule has 8 nitrogen and oxygen atoms in total. The van der Waals surface area contributed by atoms with Crippen molar-refractivity contribution in [3.05, 3.63) is 22.8 Å². The number of aromatic nitrogens is 1. The minimum absolute atomic E-state index is 0.0251. The lowest BCUT2D eigenvalue weighted by Crippen LogP contribution is -2.46. The number of nitrogens with zero attached hydrogens (tertiary/aromatic N) is 4. The van der Waals surface area contributed by atoms with Gasteiger partial charge in [0, 0.05) is 35.7 Å². The number of halogens is 1. The molecule has 0 aromatic carbocycles. The van der Waals surface area contributed by atoms with Crippen LogP contribution in [0.2, 0.25) is 0 Å². The Morgan fingerprint density at radius 3 is 2.56 bits per heavy atom. The summed E-state index contributed by atoms with van der Waals surface area (Å²) in [6.07, 6.45) is 3.07. The first-order valence-corrected chi connectivity index (χ1v) is 9.90. The van der Waals surface area contributed by atoms with E-state index in [0.717, 1.165) is 4.47 Å². The highest BCUT2D eigenvalue weighted by molar-refractivity contribution is 9.10. The van der Waals surface area contributed by atoms with Crippen LogP contribution in [0, 0.1) is 5.92 Å². The molecule has 0 saturated carbocycles. The molecule has 2 saturated heterocycles. The van der Waals surface area contributed by atoms with Gasteiger partial charge in [0.15, 0.2) is 0 Å². The fourth-order valence-corrected chi connectivity index (χ4v) is 3.68. The summed E-state index contributed by atoms with van der Waals surface area (Å²) in [5.74, 6) is 0.296. The first-order valence-electron chi connectivity index (χ1n) is 9.11. The zero-order valence-electron chi connectivity index (χ0n) is 15.5. The molecule has 1 N–H and O–H groups in total. The summed E-state index contributed by atoms with van der Waals surface area (Å²) < 4.78 is 0.861. The molecular weight excluding hydrogens is 414 g/mol. The van der Waals surface area contributed by atoms with E-state index in [-0.39, 0.29) is 36.3 Å². The molecule has 9 heteroatoms. The van der Waals surface area contributed by atoms with Gasteiger partial charge >= 0.3 is 6.03 Å². The van der Waals surface area contributed by atoms with Crippen molar-refractivity contribution in [2.45, 2.75) is 32.7 Å². The highest BCUT2D eigenvalue weighted by Gasteiger charge is 2.38. The number of carbonyl (C=O) groups excluding carboxylic acids is 3. The molecule has 3 heterocycles. The summed E-state index contributed by atoms with van der Waals surface area (Å²) in [6, 6.07) is 3.24. The van der Waals surface area contributed by atoms with Crippen molar-refractivity contribution in [3.8, 4) is 0 Å². The summed E-state index contributed by atoms with van der Waals surface area (Å²) in [5, 5.41) is 2.85. The number of hydrogen-bond acceptors (Lipinski definition) is 5. The Hall–Kier alpha value is -2.00. The Labute approximate surface area is 167 Å². The van der Waals surface area contributed by atoms with E-state index >= 15 is 0 Å². The van der Waals surface area contributed by atoms with E-state index in [1.54, 1.807) is 17.2 Å². The Morgan fingerprint density at radius 1 is 1.30 bits per heavy atom. The van der Waals surface area contributed by atoms with Crippen LogP contribution in [0.4, 0.5) is 10.6 Å². The number of hydrogen-bond donors (Lipinski definition) is 1. The van der Waals surface area contributed by atoms with Crippen molar-refractivity contribution in [1.29, 1.82) is 0 Å². The molecular formula is C18H24BrN5O3. The number of anilines is 1. The molecule has 146 valence electrons. The van der Waals surface area contributed by atoms with Gasteiger partial charge in [-0.2, -0.15) is 0 Å². The standard InChI is InChI=1S/C18H24BrN5O3/c1-12(2)24-16(25)10-23(18(24)27)11-22-7-5-13(6-8-22)17(26)21-15-4-3-14(19)9-20-15/h3-4,9,12-13H,5-8,10-11H2,1-2H3,(H,20,21,26). The summed E-state index contributed by atoms with van der Waals surface area (Å²) in [5.41, 5.74) is 0. The van der Waals surface area contributed by atoms with E-state index in [9.17, 15) is 14.4 Å². The zero-order valence-corrected chi connectivity index (χ0v) is 17.1. The number of imide groups is 1. The second kappa shape index (κ2) is 8.35. The molecule has 0 radical (unpaired) electrons. The molecule has 0 spiro atoms. The molecule has 0 bridgehead atoms.